The first kappa shape index (κ1) is 15.9. The predicted octanol–water partition coefficient (Wildman–Crippen LogP) is 1.42. The topological polar surface area (TPSA) is 58.4 Å². The average Bonchev–Trinajstić information content (AvgIpc) is 2.49. The Morgan fingerprint density at radius 2 is 2.33 bits per heavy atom. The van der Waals surface area contributed by atoms with Crippen LogP contribution in [0.3, 0.4) is 0 Å². The molecule has 0 bridgehead atoms. The van der Waals surface area contributed by atoms with Crippen LogP contribution < -0.4 is 11.1 Å². The van der Waals surface area contributed by atoms with Crippen LogP contribution >= 0.6 is 0 Å². The molecule has 0 spiro atoms. The SMILES string of the molecule is Cc1ccc(F)cc1CN1CCCC(C(=O)NCCN)C1. The summed E-state index contributed by atoms with van der Waals surface area (Å²) in [6, 6.07) is 4.88. The molecule has 3 N–H and O–H groups in total. The fraction of sp³-hybridized carbons (Fsp3) is 0.562. The zero-order valence-corrected chi connectivity index (χ0v) is 12.6. The van der Waals surface area contributed by atoms with Gasteiger partial charge in [0.2, 0.25) is 5.91 Å². The van der Waals surface area contributed by atoms with E-state index in [-0.39, 0.29) is 17.6 Å². The molecule has 1 saturated heterocycles. The summed E-state index contributed by atoms with van der Waals surface area (Å²) in [6.45, 7) is 5.36. The zero-order valence-electron chi connectivity index (χ0n) is 12.6. The van der Waals surface area contributed by atoms with Crippen molar-refractivity contribution in [2.75, 3.05) is 26.2 Å². The Morgan fingerprint density at radius 1 is 1.52 bits per heavy atom. The minimum atomic E-state index is -0.204. The van der Waals surface area contributed by atoms with Crippen LogP contribution in [0, 0.1) is 18.7 Å². The Morgan fingerprint density at radius 3 is 3.10 bits per heavy atom. The van der Waals surface area contributed by atoms with Gasteiger partial charge in [-0.2, -0.15) is 0 Å². The first-order valence-electron chi connectivity index (χ1n) is 7.55. The van der Waals surface area contributed by atoms with Crippen molar-refractivity contribution < 1.29 is 9.18 Å². The summed E-state index contributed by atoms with van der Waals surface area (Å²) in [5.74, 6) is -0.106. The van der Waals surface area contributed by atoms with Crippen molar-refractivity contribution in [3.05, 3.63) is 35.1 Å². The number of aryl methyl sites for hydroxylation is 1. The molecule has 0 aromatic heterocycles. The molecule has 5 heteroatoms. The molecular weight excluding hydrogens is 269 g/mol. The number of nitrogens with one attached hydrogen (secondary N) is 1. The molecule has 0 aliphatic carbocycles. The van der Waals surface area contributed by atoms with E-state index in [1.807, 2.05) is 6.92 Å². The highest BCUT2D eigenvalue weighted by Crippen LogP contribution is 2.20. The van der Waals surface area contributed by atoms with Crippen LogP contribution in [-0.4, -0.2) is 37.0 Å². The van der Waals surface area contributed by atoms with Crippen LogP contribution in [0.2, 0.25) is 0 Å². The number of hydrogen-bond donors (Lipinski definition) is 2. The summed E-state index contributed by atoms with van der Waals surface area (Å²) < 4.78 is 13.4. The van der Waals surface area contributed by atoms with Crippen molar-refractivity contribution in [2.45, 2.75) is 26.3 Å². The molecule has 1 aliphatic heterocycles. The normalized spacial score (nSPS) is 19.5. The first-order valence-corrected chi connectivity index (χ1v) is 7.55. The molecule has 1 fully saturated rings. The molecular formula is C16H24FN3O. The summed E-state index contributed by atoms with van der Waals surface area (Å²) in [5.41, 5.74) is 7.49. The highest BCUT2D eigenvalue weighted by Gasteiger charge is 2.25. The van der Waals surface area contributed by atoms with Crippen molar-refractivity contribution >= 4 is 5.91 Å². The number of carbonyl (C=O) groups excluding carboxylic acids is 1. The van der Waals surface area contributed by atoms with E-state index < -0.39 is 0 Å². The summed E-state index contributed by atoms with van der Waals surface area (Å²) in [4.78, 5) is 14.3. The van der Waals surface area contributed by atoms with Crippen LogP contribution in [0.15, 0.2) is 18.2 Å². The highest BCUT2D eigenvalue weighted by molar-refractivity contribution is 5.78. The average molecular weight is 293 g/mol. The molecule has 1 aromatic carbocycles. The molecule has 1 aliphatic rings. The maximum atomic E-state index is 13.4. The van der Waals surface area contributed by atoms with E-state index in [9.17, 15) is 9.18 Å². The molecule has 1 aromatic rings. The quantitative estimate of drug-likeness (QED) is 0.863. The Kier molecular flexibility index (Phi) is 5.70. The van der Waals surface area contributed by atoms with Gasteiger partial charge in [-0.05, 0) is 49.6 Å². The van der Waals surface area contributed by atoms with Gasteiger partial charge in [-0.3, -0.25) is 9.69 Å². The van der Waals surface area contributed by atoms with E-state index in [1.165, 1.54) is 6.07 Å². The lowest BCUT2D eigenvalue weighted by Gasteiger charge is -2.32. The van der Waals surface area contributed by atoms with Gasteiger partial charge in [-0.1, -0.05) is 6.07 Å². The monoisotopic (exact) mass is 293 g/mol. The predicted molar refractivity (Wildman–Crippen MR) is 81.2 cm³/mol. The van der Waals surface area contributed by atoms with Crippen LogP contribution in [0.5, 0.6) is 0 Å². The Hall–Kier alpha value is -1.46. The molecule has 0 radical (unpaired) electrons. The number of rotatable bonds is 5. The third kappa shape index (κ3) is 4.51. The number of benzene rings is 1. The van der Waals surface area contributed by atoms with Crippen LogP contribution in [0.4, 0.5) is 4.39 Å². The molecule has 4 nitrogen and oxygen atoms in total. The van der Waals surface area contributed by atoms with E-state index >= 15 is 0 Å². The smallest absolute Gasteiger partial charge is 0.224 e. The second-order valence-electron chi connectivity index (χ2n) is 5.72. The second-order valence-corrected chi connectivity index (χ2v) is 5.72. The van der Waals surface area contributed by atoms with Crippen molar-refractivity contribution in [1.82, 2.24) is 10.2 Å². The second kappa shape index (κ2) is 7.52. The van der Waals surface area contributed by atoms with Crippen LogP contribution in [0.25, 0.3) is 0 Å². The fourth-order valence-electron chi connectivity index (χ4n) is 2.80. The van der Waals surface area contributed by atoms with Gasteiger partial charge in [0.05, 0.1) is 5.92 Å². The van der Waals surface area contributed by atoms with Gasteiger partial charge in [0.1, 0.15) is 5.82 Å². The molecule has 21 heavy (non-hydrogen) atoms. The molecule has 0 saturated carbocycles. The number of amides is 1. The van der Waals surface area contributed by atoms with Crippen molar-refractivity contribution in [1.29, 1.82) is 0 Å². The summed E-state index contributed by atoms with van der Waals surface area (Å²) >= 11 is 0. The fourth-order valence-corrected chi connectivity index (χ4v) is 2.80. The number of nitrogens with zero attached hydrogens (tertiary/aromatic N) is 1. The standard InChI is InChI=1S/C16H24FN3O/c1-12-4-5-15(17)9-14(12)11-20-8-2-3-13(10-20)16(21)19-7-6-18/h4-5,9,13H,2-3,6-8,10-11,18H2,1H3,(H,19,21). The number of hydrogen-bond acceptors (Lipinski definition) is 3. The van der Waals surface area contributed by atoms with Gasteiger partial charge in [-0.25, -0.2) is 4.39 Å². The largest absolute Gasteiger partial charge is 0.355 e. The lowest BCUT2D eigenvalue weighted by Crippen LogP contribution is -2.43. The van der Waals surface area contributed by atoms with E-state index in [2.05, 4.69) is 10.2 Å². The van der Waals surface area contributed by atoms with Gasteiger partial charge < -0.3 is 11.1 Å². The Labute approximate surface area is 125 Å². The van der Waals surface area contributed by atoms with Crippen molar-refractivity contribution in [3.8, 4) is 0 Å². The van der Waals surface area contributed by atoms with E-state index in [0.29, 0.717) is 19.6 Å². The van der Waals surface area contributed by atoms with Crippen molar-refractivity contribution in [3.63, 3.8) is 0 Å². The summed E-state index contributed by atoms with van der Waals surface area (Å²) in [5, 5.41) is 2.86. The Bertz CT molecular complexity index is 492. The lowest BCUT2D eigenvalue weighted by molar-refractivity contribution is -0.126. The molecule has 116 valence electrons. The van der Waals surface area contributed by atoms with Gasteiger partial charge >= 0.3 is 0 Å². The molecule has 1 unspecified atom stereocenters. The molecule has 2 rings (SSSR count). The first-order chi connectivity index (χ1) is 10.1. The van der Waals surface area contributed by atoms with Gasteiger partial charge in [0, 0.05) is 26.2 Å². The third-order valence-corrected chi connectivity index (χ3v) is 4.03. The van der Waals surface area contributed by atoms with Crippen molar-refractivity contribution in [2.24, 2.45) is 11.7 Å². The van der Waals surface area contributed by atoms with E-state index in [0.717, 1.165) is 37.1 Å². The number of likely N-dealkylation sites (tertiary alicyclic amines) is 1. The maximum absolute atomic E-state index is 13.4. The number of halogens is 1. The molecule has 1 heterocycles. The third-order valence-electron chi connectivity index (χ3n) is 4.03. The number of piperidine rings is 1. The molecule has 1 atom stereocenters. The minimum Gasteiger partial charge on any atom is -0.355 e. The maximum Gasteiger partial charge on any atom is 0.224 e. The van der Waals surface area contributed by atoms with E-state index in [1.54, 1.807) is 12.1 Å². The van der Waals surface area contributed by atoms with Crippen LogP contribution in [0.1, 0.15) is 24.0 Å². The summed E-state index contributed by atoms with van der Waals surface area (Å²) in [7, 11) is 0. The number of carbonyl (C=O) groups is 1. The Balaban J connectivity index is 1.94. The summed E-state index contributed by atoms with van der Waals surface area (Å²) in [6.07, 6.45) is 1.91. The molecule has 1 amide bonds. The highest BCUT2D eigenvalue weighted by atomic mass is 19.1. The zero-order chi connectivity index (χ0) is 15.2. The lowest BCUT2D eigenvalue weighted by atomic mass is 9.96. The minimum absolute atomic E-state index is 0.0131. The van der Waals surface area contributed by atoms with Gasteiger partial charge in [0.15, 0.2) is 0 Å². The van der Waals surface area contributed by atoms with Gasteiger partial charge in [-0.15, -0.1) is 0 Å². The van der Waals surface area contributed by atoms with Crippen LogP contribution in [-0.2, 0) is 11.3 Å². The van der Waals surface area contributed by atoms with Gasteiger partial charge in [0.25, 0.3) is 0 Å². The number of nitrogens with two attached hydrogens (primary N) is 1. The van der Waals surface area contributed by atoms with E-state index in [4.69, 9.17) is 5.73 Å².